The molecule has 0 aliphatic carbocycles. The lowest BCUT2D eigenvalue weighted by atomic mass is 10.3. The average Bonchev–Trinajstić information content (AvgIpc) is 2.53. The molecule has 2 aromatic rings. The van der Waals surface area contributed by atoms with Crippen molar-refractivity contribution in [1.29, 1.82) is 0 Å². The van der Waals surface area contributed by atoms with Gasteiger partial charge in [0.2, 0.25) is 0 Å². The van der Waals surface area contributed by atoms with Crippen LogP contribution in [0.15, 0.2) is 22.2 Å². The number of nitrogens with two attached hydrogens (primary N) is 1. The lowest BCUT2D eigenvalue weighted by Crippen LogP contribution is -1.96. The minimum atomic E-state index is 0.407. The molecule has 2 rings (SSSR count). The first-order chi connectivity index (χ1) is 6.27. The van der Waals surface area contributed by atoms with Gasteiger partial charge in [-0.2, -0.15) is 0 Å². The van der Waals surface area contributed by atoms with Crippen molar-refractivity contribution >= 4 is 33.1 Å². The lowest BCUT2D eigenvalue weighted by Gasteiger charge is -1.96. The zero-order chi connectivity index (χ0) is 9.26. The van der Waals surface area contributed by atoms with Gasteiger partial charge in [-0.25, -0.2) is 4.98 Å². The van der Waals surface area contributed by atoms with E-state index in [-0.39, 0.29) is 0 Å². The fourth-order valence-corrected chi connectivity index (χ4v) is 2.28. The molecule has 0 aromatic carbocycles. The van der Waals surface area contributed by atoms with Gasteiger partial charge in [0.1, 0.15) is 12.0 Å². The van der Waals surface area contributed by atoms with Crippen LogP contribution in [-0.4, -0.2) is 15.2 Å². The minimum Gasteiger partial charge on any atom is -0.382 e. The second-order valence-corrected chi connectivity index (χ2v) is 4.76. The summed E-state index contributed by atoms with van der Waals surface area (Å²) < 4.78 is 1.03. The maximum Gasteiger partial charge on any atom is 0.154 e. The summed E-state index contributed by atoms with van der Waals surface area (Å²) in [6.45, 7) is 0. The van der Waals surface area contributed by atoms with Crippen molar-refractivity contribution in [1.82, 2.24) is 15.2 Å². The van der Waals surface area contributed by atoms with Crippen LogP contribution in [0.2, 0.25) is 0 Å². The van der Waals surface area contributed by atoms with Gasteiger partial charge < -0.3 is 5.73 Å². The molecule has 0 aliphatic heterocycles. The zero-order valence-corrected chi connectivity index (χ0v) is 8.84. The Labute approximate surface area is 87.0 Å². The summed E-state index contributed by atoms with van der Waals surface area (Å²) in [5.74, 6) is 0.407. The molecule has 0 amide bonds. The minimum absolute atomic E-state index is 0.407. The zero-order valence-electron chi connectivity index (χ0n) is 6.44. The highest BCUT2D eigenvalue weighted by Gasteiger charge is 2.07. The van der Waals surface area contributed by atoms with Crippen LogP contribution >= 0.6 is 27.3 Å². The Bertz CT molecular complexity index is 428. The van der Waals surface area contributed by atoms with Gasteiger partial charge in [0.15, 0.2) is 5.82 Å². The molecule has 4 nitrogen and oxygen atoms in total. The van der Waals surface area contributed by atoms with Crippen molar-refractivity contribution in [2.24, 2.45) is 0 Å². The SMILES string of the molecule is Nc1ncnnc1-c1ccc(Br)s1. The smallest absolute Gasteiger partial charge is 0.154 e. The number of hydrogen-bond donors (Lipinski definition) is 1. The van der Waals surface area contributed by atoms with E-state index in [1.54, 1.807) is 11.3 Å². The number of nitrogen functional groups attached to an aromatic ring is 1. The van der Waals surface area contributed by atoms with E-state index in [1.165, 1.54) is 6.33 Å². The van der Waals surface area contributed by atoms with Crippen molar-refractivity contribution in [3.63, 3.8) is 0 Å². The van der Waals surface area contributed by atoms with E-state index in [1.807, 2.05) is 12.1 Å². The highest BCUT2D eigenvalue weighted by Crippen LogP contribution is 2.31. The fourth-order valence-electron chi connectivity index (χ4n) is 0.901. The summed E-state index contributed by atoms with van der Waals surface area (Å²) in [5, 5.41) is 7.60. The van der Waals surface area contributed by atoms with Gasteiger partial charge >= 0.3 is 0 Å². The molecular formula is C7H5BrN4S. The first kappa shape index (κ1) is 8.58. The average molecular weight is 257 g/mol. The molecule has 0 saturated heterocycles. The Morgan fingerprint density at radius 2 is 2.23 bits per heavy atom. The molecule has 66 valence electrons. The van der Waals surface area contributed by atoms with E-state index >= 15 is 0 Å². The lowest BCUT2D eigenvalue weighted by molar-refractivity contribution is 0.986. The summed E-state index contributed by atoms with van der Waals surface area (Å²) in [6, 6.07) is 3.87. The van der Waals surface area contributed by atoms with Crippen LogP contribution < -0.4 is 5.73 Å². The summed E-state index contributed by atoms with van der Waals surface area (Å²) in [4.78, 5) is 4.82. The maximum absolute atomic E-state index is 5.64. The number of hydrogen-bond acceptors (Lipinski definition) is 5. The van der Waals surface area contributed by atoms with Crippen LogP contribution in [-0.2, 0) is 0 Å². The number of halogens is 1. The Hall–Kier alpha value is -1.01. The molecule has 0 fully saturated rings. The molecular weight excluding hydrogens is 252 g/mol. The van der Waals surface area contributed by atoms with Gasteiger partial charge in [-0.15, -0.1) is 21.5 Å². The molecule has 13 heavy (non-hydrogen) atoms. The standard InChI is InChI=1S/C7H5BrN4S/c8-5-2-1-4(13-5)6-7(9)10-3-11-12-6/h1-3H,(H2,9,10,11). The van der Waals surface area contributed by atoms with Gasteiger partial charge in [-0.05, 0) is 28.1 Å². The predicted molar refractivity (Wildman–Crippen MR) is 55.3 cm³/mol. The van der Waals surface area contributed by atoms with Crippen molar-refractivity contribution < 1.29 is 0 Å². The highest BCUT2D eigenvalue weighted by molar-refractivity contribution is 9.11. The van der Waals surface area contributed by atoms with Crippen molar-refractivity contribution in [3.8, 4) is 10.6 Å². The van der Waals surface area contributed by atoms with Crippen LogP contribution in [0.4, 0.5) is 5.82 Å². The van der Waals surface area contributed by atoms with Crippen molar-refractivity contribution in [2.75, 3.05) is 5.73 Å². The molecule has 6 heteroatoms. The second kappa shape index (κ2) is 3.39. The largest absolute Gasteiger partial charge is 0.382 e. The summed E-state index contributed by atoms with van der Waals surface area (Å²) in [6.07, 6.45) is 1.33. The topological polar surface area (TPSA) is 64.7 Å². The summed E-state index contributed by atoms with van der Waals surface area (Å²) in [5.41, 5.74) is 6.28. The first-order valence-electron chi connectivity index (χ1n) is 3.46. The maximum atomic E-state index is 5.64. The number of anilines is 1. The number of aromatic nitrogens is 3. The molecule has 2 N–H and O–H groups in total. The normalized spacial score (nSPS) is 10.2. The number of thiophene rings is 1. The molecule has 0 atom stereocenters. The van der Waals surface area contributed by atoms with Crippen LogP contribution in [0, 0.1) is 0 Å². The van der Waals surface area contributed by atoms with Gasteiger partial charge in [0.05, 0.1) is 8.66 Å². The molecule has 0 spiro atoms. The summed E-state index contributed by atoms with van der Waals surface area (Å²) in [7, 11) is 0. The van der Waals surface area contributed by atoms with Gasteiger partial charge in [0, 0.05) is 0 Å². The third kappa shape index (κ3) is 1.68. The number of rotatable bonds is 1. The van der Waals surface area contributed by atoms with Crippen LogP contribution in [0.5, 0.6) is 0 Å². The van der Waals surface area contributed by atoms with E-state index in [0.717, 1.165) is 8.66 Å². The van der Waals surface area contributed by atoms with E-state index in [2.05, 4.69) is 31.1 Å². The Morgan fingerprint density at radius 3 is 2.85 bits per heavy atom. The molecule has 0 saturated carbocycles. The predicted octanol–water partition coefficient (Wildman–Crippen LogP) is 1.94. The first-order valence-corrected chi connectivity index (χ1v) is 5.07. The third-order valence-electron chi connectivity index (χ3n) is 1.46. The van der Waals surface area contributed by atoms with E-state index in [9.17, 15) is 0 Å². The summed E-state index contributed by atoms with van der Waals surface area (Å²) >= 11 is 4.91. The quantitative estimate of drug-likeness (QED) is 0.847. The van der Waals surface area contributed by atoms with Gasteiger partial charge in [0.25, 0.3) is 0 Å². The Morgan fingerprint density at radius 1 is 1.38 bits per heavy atom. The second-order valence-electron chi connectivity index (χ2n) is 2.30. The molecule has 0 aliphatic rings. The van der Waals surface area contributed by atoms with Crippen molar-refractivity contribution in [2.45, 2.75) is 0 Å². The number of nitrogens with zero attached hydrogens (tertiary/aromatic N) is 3. The highest BCUT2D eigenvalue weighted by atomic mass is 79.9. The Balaban J connectivity index is 2.52. The van der Waals surface area contributed by atoms with E-state index in [0.29, 0.717) is 11.5 Å². The third-order valence-corrected chi connectivity index (χ3v) is 3.09. The van der Waals surface area contributed by atoms with Crippen LogP contribution in [0.25, 0.3) is 10.6 Å². The van der Waals surface area contributed by atoms with E-state index in [4.69, 9.17) is 5.73 Å². The molecule has 0 bridgehead atoms. The van der Waals surface area contributed by atoms with Crippen LogP contribution in [0.1, 0.15) is 0 Å². The van der Waals surface area contributed by atoms with Gasteiger partial charge in [-0.1, -0.05) is 0 Å². The van der Waals surface area contributed by atoms with Crippen LogP contribution in [0.3, 0.4) is 0 Å². The van der Waals surface area contributed by atoms with E-state index < -0.39 is 0 Å². The van der Waals surface area contributed by atoms with Crippen molar-refractivity contribution in [3.05, 3.63) is 22.2 Å². The molecule has 2 heterocycles. The Kier molecular flexibility index (Phi) is 2.24. The van der Waals surface area contributed by atoms with Gasteiger partial charge in [-0.3, -0.25) is 0 Å². The molecule has 0 radical (unpaired) electrons. The fraction of sp³-hybridized carbons (Fsp3) is 0. The molecule has 2 aromatic heterocycles. The monoisotopic (exact) mass is 256 g/mol. The molecule has 0 unspecified atom stereocenters.